The first kappa shape index (κ1) is 13.7. The quantitative estimate of drug-likeness (QED) is 0.816. The zero-order valence-corrected chi connectivity index (χ0v) is 11.0. The van der Waals surface area contributed by atoms with Gasteiger partial charge in [-0.15, -0.1) is 0 Å². The summed E-state index contributed by atoms with van der Waals surface area (Å²) in [6.45, 7) is 1.68. The molecule has 1 aromatic rings. The molecule has 1 aliphatic rings. The maximum Gasteiger partial charge on any atom is 0.311 e. The second-order valence-electron chi connectivity index (χ2n) is 4.79. The molecular weight excluding hydrogens is 246 g/mol. The highest BCUT2D eigenvalue weighted by atomic mass is 16.5. The minimum atomic E-state index is -0.740. The molecule has 1 fully saturated rings. The van der Waals surface area contributed by atoms with Gasteiger partial charge in [-0.2, -0.15) is 0 Å². The molecule has 5 heteroatoms. The maximum atomic E-state index is 11.3. The van der Waals surface area contributed by atoms with Crippen molar-refractivity contribution < 1.29 is 19.4 Å². The van der Waals surface area contributed by atoms with Gasteiger partial charge in [-0.3, -0.25) is 4.79 Å². The van der Waals surface area contributed by atoms with E-state index in [1.54, 1.807) is 7.11 Å². The van der Waals surface area contributed by atoms with Crippen molar-refractivity contribution in [2.24, 2.45) is 5.41 Å². The van der Waals surface area contributed by atoms with Gasteiger partial charge in [0.25, 0.3) is 0 Å². The number of hydrogen-bond donors (Lipinski definition) is 2. The summed E-state index contributed by atoms with van der Waals surface area (Å²) >= 11 is 0. The summed E-state index contributed by atoms with van der Waals surface area (Å²) in [5.41, 5.74) is -0.674. The van der Waals surface area contributed by atoms with Crippen molar-refractivity contribution in [1.82, 2.24) is 5.32 Å². The normalized spacial score (nSPS) is 22.2. The third-order valence-corrected chi connectivity index (χ3v) is 3.61. The maximum absolute atomic E-state index is 11.3. The predicted molar refractivity (Wildman–Crippen MR) is 70.7 cm³/mol. The number of carbonyl (C=O) groups is 1. The molecule has 0 radical (unpaired) electrons. The number of ether oxygens (including phenoxy) is 2. The molecule has 19 heavy (non-hydrogen) atoms. The highest BCUT2D eigenvalue weighted by molar-refractivity contribution is 5.75. The van der Waals surface area contributed by atoms with Crippen LogP contribution in [0.3, 0.4) is 0 Å². The van der Waals surface area contributed by atoms with Crippen molar-refractivity contribution >= 4 is 5.97 Å². The van der Waals surface area contributed by atoms with Gasteiger partial charge in [0.05, 0.1) is 19.1 Å². The summed E-state index contributed by atoms with van der Waals surface area (Å²) in [6.07, 6.45) is 1.18. The summed E-state index contributed by atoms with van der Waals surface area (Å²) in [7, 11) is 1.61. The summed E-state index contributed by atoms with van der Waals surface area (Å²) in [5.74, 6) is 0.762. The molecule has 1 atom stereocenters. The standard InChI is InChI=1S/C14H19NO4/c1-18-11-2-4-12(5-3-11)19-9-7-14(13(16)17)6-8-15-10-14/h2-5,15H,6-10H2,1H3,(H,16,17). The number of methoxy groups -OCH3 is 1. The van der Waals surface area contributed by atoms with Crippen LogP contribution >= 0.6 is 0 Å². The summed E-state index contributed by atoms with van der Waals surface area (Å²) in [4.78, 5) is 11.3. The van der Waals surface area contributed by atoms with Gasteiger partial charge in [-0.1, -0.05) is 0 Å². The number of carboxylic acids is 1. The van der Waals surface area contributed by atoms with E-state index in [2.05, 4.69) is 5.32 Å². The first-order valence-electron chi connectivity index (χ1n) is 6.37. The number of hydrogen-bond acceptors (Lipinski definition) is 4. The first-order chi connectivity index (χ1) is 9.16. The average molecular weight is 265 g/mol. The van der Waals surface area contributed by atoms with Crippen LogP contribution in [0.15, 0.2) is 24.3 Å². The SMILES string of the molecule is COc1ccc(OCCC2(C(=O)O)CCNC2)cc1. The molecule has 5 nitrogen and oxygen atoms in total. The van der Waals surface area contributed by atoms with Crippen LogP contribution in [-0.4, -0.2) is 37.9 Å². The Bertz CT molecular complexity index is 424. The van der Waals surface area contributed by atoms with E-state index in [4.69, 9.17) is 9.47 Å². The van der Waals surface area contributed by atoms with Gasteiger partial charge in [-0.25, -0.2) is 0 Å². The van der Waals surface area contributed by atoms with Crippen molar-refractivity contribution in [3.05, 3.63) is 24.3 Å². The van der Waals surface area contributed by atoms with E-state index in [0.29, 0.717) is 26.0 Å². The van der Waals surface area contributed by atoms with Gasteiger partial charge in [0, 0.05) is 6.54 Å². The van der Waals surface area contributed by atoms with E-state index in [1.807, 2.05) is 24.3 Å². The van der Waals surface area contributed by atoms with Crippen molar-refractivity contribution in [3.63, 3.8) is 0 Å². The molecule has 0 aromatic heterocycles. The Morgan fingerprint density at radius 1 is 1.37 bits per heavy atom. The Hall–Kier alpha value is -1.75. The minimum Gasteiger partial charge on any atom is -0.497 e. The Morgan fingerprint density at radius 3 is 2.58 bits per heavy atom. The van der Waals surface area contributed by atoms with Crippen LogP contribution in [-0.2, 0) is 4.79 Å². The Morgan fingerprint density at radius 2 is 2.05 bits per heavy atom. The highest BCUT2D eigenvalue weighted by Crippen LogP contribution is 2.30. The molecule has 1 aromatic carbocycles. The van der Waals surface area contributed by atoms with E-state index in [-0.39, 0.29) is 0 Å². The van der Waals surface area contributed by atoms with Crippen LogP contribution in [0.1, 0.15) is 12.8 Å². The van der Waals surface area contributed by atoms with Crippen LogP contribution in [0.4, 0.5) is 0 Å². The zero-order chi connectivity index (χ0) is 13.7. The molecule has 1 saturated heterocycles. The topological polar surface area (TPSA) is 67.8 Å². The summed E-state index contributed by atoms with van der Waals surface area (Å²) < 4.78 is 10.7. The Balaban J connectivity index is 1.86. The highest BCUT2D eigenvalue weighted by Gasteiger charge is 2.41. The van der Waals surface area contributed by atoms with Gasteiger partial charge in [0.1, 0.15) is 11.5 Å². The van der Waals surface area contributed by atoms with E-state index in [1.165, 1.54) is 0 Å². The number of rotatable bonds is 6. The summed E-state index contributed by atoms with van der Waals surface area (Å²) in [5, 5.41) is 12.4. The van der Waals surface area contributed by atoms with Crippen LogP contribution in [0.5, 0.6) is 11.5 Å². The first-order valence-corrected chi connectivity index (χ1v) is 6.37. The third-order valence-electron chi connectivity index (χ3n) is 3.61. The molecule has 104 valence electrons. The van der Waals surface area contributed by atoms with Crippen LogP contribution < -0.4 is 14.8 Å². The van der Waals surface area contributed by atoms with E-state index in [9.17, 15) is 9.90 Å². The second-order valence-corrected chi connectivity index (χ2v) is 4.79. The summed E-state index contributed by atoms with van der Waals surface area (Å²) in [6, 6.07) is 7.27. The van der Waals surface area contributed by atoms with E-state index < -0.39 is 11.4 Å². The van der Waals surface area contributed by atoms with Gasteiger partial charge in [0.15, 0.2) is 0 Å². The van der Waals surface area contributed by atoms with Crippen molar-refractivity contribution in [2.45, 2.75) is 12.8 Å². The predicted octanol–water partition coefficient (Wildman–Crippen LogP) is 1.53. The lowest BCUT2D eigenvalue weighted by Crippen LogP contribution is -2.34. The van der Waals surface area contributed by atoms with Gasteiger partial charge < -0.3 is 19.9 Å². The molecule has 0 bridgehead atoms. The third kappa shape index (κ3) is 3.17. The largest absolute Gasteiger partial charge is 0.497 e. The lowest BCUT2D eigenvalue weighted by Gasteiger charge is -2.22. The fraction of sp³-hybridized carbons (Fsp3) is 0.500. The molecule has 1 heterocycles. The van der Waals surface area contributed by atoms with Gasteiger partial charge in [-0.05, 0) is 43.7 Å². The monoisotopic (exact) mass is 265 g/mol. The van der Waals surface area contributed by atoms with E-state index in [0.717, 1.165) is 18.0 Å². The smallest absolute Gasteiger partial charge is 0.311 e. The minimum absolute atomic E-state index is 0.403. The zero-order valence-electron chi connectivity index (χ0n) is 11.0. The van der Waals surface area contributed by atoms with Gasteiger partial charge >= 0.3 is 5.97 Å². The van der Waals surface area contributed by atoms with Crippen molar-refractivity contribution in [3.8, 4) is 11.5 Å². The molecule has 1 unspecified atom stereocenters. The molecule has 0 spiro atoms. The molecule has 0 amide bonds. The Labute approximate surface area is 112 Å². The van der Waals surface area contributed by atoms with Crippen LogP contribution in [0, 0.1) is 5.41 Å². The molecule has 1 aliphatic heterocycles. The lowest BCUT2D eigenvalue weighted by molar-refractivity contribution is -0.148. The molecule has 2 N–H and O–H groups in total. The fourth-order valence-electron chi connectivity index (χ4n) is 2.28. The lowest BCUT2D eigenvalue weighted by atomic mass is 9.84. The number of benzene rings is 1. The number of carboxylic acid groups (broad SMARTS) is 1. The second kappa shape index (κ2) is 5.93. The van der Waals surface area contributed by atoms with Crippen LogP contribution in [0.25, 0.3) is 0 Å². The van der Waals surface area contributed by atoms with Gasteiger partial charge in [0.2, 0.25) is 0 Å². The molecule has 0 saturated carbocycles. The molecule has 2 rings (SSSR count). The Kier molecular flexibility index (Phi) is 4.27. The van der Waals surface area contributed by atoms with Crippen molar-refractivity contribution in [2.75, 3.05) is 26.8 Å². The van der Waals surface area contributed by atoms with E-state index >= 15 is 0 Å². The fourth-order valence-corrected chi connectivity index (χ4v) is 2.28. The van der Waals surface area contributed by atoms with Crippen molar-refractivity contribution in [1.29, 1.82) is 0 Å². The van der Waals surface area contributed by atoms with Crippen LogP contribution in [0.2, 0.25) is 0 Å². The number of aliphatic carboxylic acids is 1. The average Bonchev–Trinajstić information content (AvgIpc) is 2.90. The molecular formula is C14H19NO4. The number of nitrogens with one attached hydrogen (secondary N) is 1. The molecule has 0 aliphatic carbocycles.